The molecule has 0 saturated carbocycles. The van der Waals surface area contributed by atoms with Gasteiger partial charge < -0.3 is 10.4 Å². The first-order valence-corrected chi connectivity index (χ1v) is 10.1. The lowest BCUT2D eigenvalue weighted by Crippen LogP contribution is -2.46. The molecule has 0 fully saturated rings. The zero-order valence-electron chi connectivity index (χ0n) is 15.2. The Kier molecular flexibility index (Phi) is 6.49. The van der Waals surface area contributed by atoms with E-state index in [-0.39, 0.29) is 11.0 Å². The summed E-state index contributed by atoms with van der Waals surface area (Å²) in [5, 5.41) is 22.9. The molecule has 0 aromatic heterocycles. The number of hydrogen-bond donors (Lipinski definition) is 3. The summed E-state index contributed by atoms with van der Waals surface area (Å²) in [4.78, 5) is 22.3. The van der Waals surface area contributed by atoms with Gasteiger partial charge in [0.25, 0.3) is 11.6 Å². The van der Waals surface area contributed by atoms with E-state index in [2.05, 4.69) is 12.6 Å². The second kappa shape index (κ2) is 8.24. The number of benzene rings is 2. The van der Waals surface area contributed by atoms with Crippen molar-refractivity contribution < 1.29 is 36.4 Å². The quantitative estimate of drug-likeness (QED) is 0.343. The SMILES string of the molecule is CC(O)(CS(=O)(=O)c1ccc(S)cc1)C(=O)Nc1ccc([N+](=O)[O-])cc1C(F)(F)F. The second-order valence-electron chi connectivity index (χ2n) is 6.47. The molecule has 0 heterocycles. The smallest absolute Gasteiger partial charge is 0.379 e. The number of hydrogen-bond acceptors (Lipinski definition) is 7. The van der Waals surface area contributed by atoms with Crippen LogP contribution in [0.2, 0.25) is 0 Å². The van der Waals surface area contributed by atoms with E-state index in [1.165, 1.54) is 24.3 Å². The van der Waals surface area contributed by atoms with Crippen molar-refractivity contribution in [3.8, 4) is 0 Å². The van der Waals surface area contributed by atoms with Crippen LogP contribution in [0.1, 0.15) is 12.5 Å². The molecule has 2 rings (SSSR count). The number of amides is 1. The largest absolute Gasteiger partial charge is 0.418 e. The highest BCUT2D eigenvalue weighted by Gasteiger charge is 2.40. The average molecular weight is 464 g/mol. The first kappa shape index (κ1) is 23.6. The lowest BCUT2D eigenvalue weighted by Gasteiger charge is -2.23. The summed E-state index contributed by atoms with van der Waals surface area (Å²) < 4.78 is 64.6. The number of thiol groups is 1. The van der Waals surface area contributed by atoms with E-state index in [0.717, 1.165) is 13.0 Å². The van der Waals surface area contributed by atoms with Crippen LogP contribution in [-0.4, -0.2) is 35.7 Å². The van der Waals surface area contributed by atoms with Gasteiger partial charge in [-0.05, 0) is 37.3 Å². The van der Waals surface area contributed by atoms with Crippen LogP contribution < -0.4 is 5.32 Å². The standard InChI is InChI=1S/C17H15F3N2O6S2/c1-16(24,9-30(27,28)12-5-3-11(29)4-6-12)15(23)21-14-7-2-10(22(25)26)8-13(14)17(18,19)20/h2-8,24,29H,9H2,1H3,(H,21,23). The maximum absolute atomic E-state index is 13.2. The van der Waals surface area contributed by atoms with Crippen molar-refractivity contribution in [2.75, 3.05) is 11.1 Å². The van der Waals surface area contributed by atoms with E-state index in [1.807, 2.05) is 0 Å². The summed E-state index contributed by atoms with van der Waals surface area (Å²) >= 11 is 4.01. The van der Waals surface area contributed by atoms with Gasteiger partial charge in [0.05, 0.1) is 26.8 Å². The van der Waals surface area contributed by atoms with Crippen LogP contribution >= 0.6 is 12.6 Å². The molecular formula is C17H15F3N2O6S2. The van der Waals surface area contributed by atoms with E-state index in [1.54, 1.807) is 5.32 Å². The average Bonchev–Trinajstić information content (AvgIpc) is 2.60. The zero-order chi connectivity index (χ0) is 22.9. The maximum Gasteiger partial charge on any atom is 0.418 e. The molecule has 2 aromatic carbocycles. The summed E-state index contributed by atoms with van der Waals surface area (Å²) in [6.07, 6.45) is -5.05. The minimum atomic E-state index is -5.05. The Morgan fingerprint density at radius 1 is 1.20 bits per heavy atom. The van der Waals surface area contributed by atoms with Crippen molar-refractivity contribution in [2.45, 2.75) is 28.5 Å². The van der Waals surface area contributed by atoms with Crippen molar-refractivity contribution in [2.24, 2.45) is 0 Å². The Bertz CT molecular complexity index is 1080. The molecule has 1 atom stereocenters. The van der Waals surface area contributed by atoms with E-state index in [0.29, 0.717) is 11.0 Å². The van der Waals surface area contributed by atoms with E-state index in [9.17, 15) is 41.6 Å². The highest BCUT2D eigenvalue weighted by Crippen LogP contribution is 2.37. The van der Waals surface area contributed by atoms with Gasteiger partial charge in [0.2, 0.25) is 0 Å². The number of carbonyl (C=O) groups is 1. The van der Waals surface area contributed by atoms with E-state index < -0.39 is 55.1 Å². The van der Waals surface area contributed by atoms with Crippen molar-refractivity contribution in [1.29, 1.82) is 0 Å². The van der Waals surface area contributed by atoms with Gasteiger partial charge in [-0.25, -0.2) is 8.42 Å². The first-order valence-electron chi connectivity index (χ1n) is 8.05. The van der Waals surface area contributed by atoms with Crippen LogP contribution in [-0.2, 0) is 20.8 Å². The Balaban J connectivity index is 2.32. The Morgan fingerprint density at radius 3 is 2.27 bits per heavy atom. The second-order valence-corrected chi connectivity index (χ2v) is 8.97. The van der Waals surface area contributed by atoms with Crippen LogP contribution in [0.3, 0.4) is 0 Å². The molecule has 8 nitrogen and oxygen atoms in total. The van der Waals surface area contributed by atoms with Crippen molar-refractivity contribution in [3.05, 3.63) is 58.1 Å². The molecule has 1 amide bonds. The fraction of sp³-hybridized carbons (Fsp3) is 0.235. The maximum atomic E-state index is 13.2. The summed E-state index contributed by atoms with van der Waals surface area (Å²) in [7, 11) is -4.18. The van der Waals surface area contributed by atoms with Gasteiger partial charge >= 0.3 is 6.18 Å². The molecule has 0 radical (unpaired) electrons. The van der Waals surface area contributed by atoms with Gasteiger partial charge in [0.15, 0.2) is 15.4 Å². The van der Waals surface area contributed by atoms with E-state index in [4.69, 9.17) is 0 Å². The molecular weight excluding hydrogens is 449 g/mol. The number of sulfone groups is 1. The monoisotopic (exact) mass is 464 g/mol. The van der Waals surface area contributed by atoms with Gasteiger partial charge in [-0.2, -0.15) is 13.2 Å². The summed E-state index contributed by atoms with van der Waals surface area (Å²) in [5.74, 6) is -2.55. The minimum Gasteiger partial charge on any atom is -0.379 e. The predicted molar refractivity (Wildman–Crippen MR) is 103 cm³/mol. The highest BCUT2D eigenvalue weighted by molar-refractivity contribution is 7.91. The van der Waals surface area contributed by atoms with Crippen LogP contribution in [0.25, 0.3) is 0 Å². The van der Waals surface area contributed by atoms with Crippen molar-refractivity contribution in [1.82, 2.24) is 0 Å². The molecule has 2 N–H and O–H groups in total. The third-order valence-corrected chi connectivity index (χ3v) is 6.15. The van der Waals surface area contributed by atoms with Gasteiger partial charge in [0.1, 0.15) is 0 Å². The number of non-ortho nitro benzene ring substituents is 1. The van der Waals surface area contributed by atoms with Gasteiger partial charge in [-0.15, -0.1) is 12.6 Å². The van der Waals surface area contributed by atoms with Crippen LogP contribution in [0.5, 0.6) is 0 Å². The molecule has 1 unspecified atom stereocenters. The number of alkyl halides is 3. The number of nitro benzene ring substituents is 1. The van der Waals surface area contributed by atoms with Crippen molar-refractivity contribution >= 4 is 39.7 Å². The number of nitro groups is 1. The number of carbonyl (C=O) groups excluding carboxylic acids is 1. The molecule has 0 bridgehead atoms. The van der Waals surface area contributed by atoms with Crippen LogP contribution in [0.15, 0.2) is 52.3 Å². The number of rotatable bonds is 6. The lowest BCUT2D eigenvalue weighted by molar-refractivity contribution is -0.385. The van der Waals surface area contributed by atoms with E-state index >= 15 is 0 Å². The van der Waals surface area contributed by atoms with Crippen LogP contribution in [0, 0.1) is 10.1 Å². The molecule has 0 aliphatic carbocycles. The lowest BCUT2D eigenvalue weighted by atomic mass is 10.1. The molecule has 13 heteroatoms. The van der Waals surface area contributed by atoms with Gasteiger partial charge in [-0.3, -0.25) is 14.9 Å². The zero-order valence-corrected chi connectivity index (χ0v) is 16.9. The van der Waals surface area contributed by atoms with Gasteiger partial charge in [-0.1, -0.05) is 0 Å². The van der Waals surface area contributed by atoms with Crippen molar-refractivity contribution in [3.63, 3.8) is 0 Å². The summed E-state index contributed by atoms with van der Waals surface area (Å²) in [6.45, 7) is 0.825. The number of halogens is 3. The first-order chi connectivity index (χ1) is 13.6. The molecule has 30 heavy (non-hydrogen) atoms. The molecule has 0 aliphatic heterocycles. The topological polar surface area (TPSA) is 127 Å². The molecule has 0 saturated heterocycles. The molecule has 162 valence electrons. The Morgan fingerprint density at radius 2 is 1.77 bits per heavy atom. The van der Waals surface area contributed by atoms with Gasteiger partial charge in [0, 0.05) is 17.0 Å². The Labute approximate surface area is 174 Å². The number of aliphatic hydroxyl groups is 1. The number of anilines is 1. The minimum absolute atomic E-state index is 0.222. The molecule has 0 spiro atoms. The third-order valence-electron chi connectivity index (χ3n) is 3.92. The fourth-order valence-corrected chi connectivity index (χ4v) is 4.16. The number of nitrogens with zero attached hydrogens (tertiary/aromatic N) is 1. The molecule has 0 aliphatic rings. The predicted octanol–water partition coefficient (Wildman–Crippen LogP) is 3.07. The Hall–Kier alpha value is -2.64. The third kappa shape index (κ3) is 5.49. The molecule has 2 aromatic rings. The normalized spacial score (nSPS) is 14.1. The van der Waals surface area contributed by atoms with Crippen LogP contribution in [0.4, 0.5) is 24.5 Å². The number of nitrogens with one attached hydrogen (secondary N) is 1. The fourth-order valence-electron chi connectivity index (χ4n) is 2.42. The summed E-state index contributed by atoms with van der Waals surface area (Å²) in [6, 6.07) is 6.74. The highest BCUT2D eigenvalue weighted by atomic mass is 32.2. The summed E-state index contributed by atoms with van der Waals surface area (Å²) in [5.41, 5.74) is -5.85.